The zero-order chi connectivity index (χ0) is 18.4. The zero-order valence-corrected chi connectivity index (χ0v) is 15.7. The van der Waals surface area contributed by atoms with Gasteiger partial charge in [-0.3, -0.25) is 9.89 Å². The topological polar surface area (TPSA) is 69.2 Å². The molecule has 2 aromatic rings. The normalized spacial score (nSPS) is 30.0. The highest BCUT2D eigenvalue weighted by Gasteiger charge is 2.50. The molecule has 2 aliphatic carbocycles. The summed E-state index contributed by atoms with van der Waals surface area (Å²) < 4.78 is 0. The number of fused-ring (bicyclic) bond motifs is 2. The van der Waals surface area contributed by atoms with Crippen LogP contribution in [0.3, 0.4) is 0 Å². The number of carbonyl (C=O) groups excluding carboxylic acids is 1. The van der Waals surface area contributed by atoms with Crippen LogP contribution in [0.1, 0.15) is 65.8 Å². The van der Waals surface area contributed by atoms with Crippen molar-refractivity contribution < 1.29 is 9.90 Å². The van der Waals surface area contributed by atoms with Crippen LogP contribution in [-0.4, -0.2) is 38.7 Å². The van der Waals surface area contributed by atoms with E-state index < -0.39 is 5.60 Å². The van der Waals surface area contributed by atoms with Gasteiger partial charge in [0.25, 0.3) is 5.91 Å². The van der Waals surface area contributed by atoms with Gasteiger partial charge in [0.1, 0.15) is 0 Å². The number of aromatic nitrogens is 2. The highest BCUT2D eigenvalue weighted by Crippen LogP contribution is 2.47. The number of aromatic amines is 1. The molecule has 2 heterocycles. The van der Waals surface area contributed by atoms with Crippen molar-refractivity contribution in [2.45, 2.75) is 63.0 Å². The Hall–Kier alpha value is -2.14. The molecule has 2 fully saturated rings. The van der Waals surface area contributed by atoms with E-state index in [9.17, 15) is 9.90 Å². The molecule has 1 aromatic carbocycles. The second-order valence-corrected chi connectivity index (χ2v) is 8.38. The van der Waals surface area contributed by atoms with E-state index in [2.05, 4.69) is 10.2 Å². The fraction of sp³-hybridized carbons (Fsp3) is 0.545. The predicted octanol–water partition coefficient (Wildman–Crippen LogP) is 3.19. The molecule has 1 saturated heterocycles. The van der Waals surface area contributed by atoms with Gasteiger partial charge in [-0.15, -0.1) is 0 Å². The highest BCUT2D eigenvalue weighted by molar-refractivity contribution is 5.94. The number of nitrogens with one attached hydrogen (secondary N) is 1. The number of nitrogens with zero attached hydrogens (tertiary/aromatic N) is 2. The second-order valence-electron chi connectivity index (χ2n) is 8.38. The summed E-state index contributed by atoms with van der Waals surface area (Å²) in [5.74, 6) is 0.153. The van der Waals surface area contributed by atoms with Gasteiger partial charge in [-0.05, 0) is 44.1 Å². The molecule has 1 amide bonds. The number of H-pyrrole nitrogens is 1. The second kappa shape index (κ2) is 6.48. The van der Waals surface area contributed by atoms with Crippen LogP contribution in [0, 0.1) is 5.92 Å². The maximum absolute atomic E-state index is 13.4. The van der Waals surface area contributed by atoms with Crippen molar-refractivity contribution in [3.05, 3.63) is 52.8 Å². The van der Waals surface area contributed by atoms with Crippen LogP contribution in [0.5, 0.6) is 0 Å². The van der Waals surface area contributed by atoms with Crippen molar-refractivity contribution >= 4 is 5.91 Å². The van der Waals surface area contributed by atoms with E-state index in [-0.39, 0.29) is 17.9 Å². The number of rotatable bonds is 2. The van der Waals surface area contributed by atoms with Gasteiger partial charge in [0.2, 0.25) is 0 Å². The van der Waals surface area contributed by atoms with Crippen molar-refractivity contribution in [1.82, 2.24) is 15.1 Å². The van der Waals surface area contributed by atoms with Gasteiger partial charge >= 0.3 is 0 Å². The molecular weight excluding hydrogens is 338 g/mol. The number of benzene rings is 1. The molecule has 5 nitrogen and oxygen atoms in total. The number of amides is 1. The van der Waals surface area contributed by atoms with Crippen LogP contribution >= 0.6 is 0 Å². The Kier molecular flexibility index (Phi) is 4.08. The number of hydrogen-bond donors (Lipinski definition) is 2. The SMILES string of the molecule is O=C(c1n[nH]c2c1CCC2)N1CCC(O)(c2ccccc2)C2CCCCC21. The number of likely N-dealkylation sites (tertiary alicyclic amines) is 1. The summed E-state index contributed by atoms with van der Waals surface area (Å²) in [6, 6.07) is 10.1. The Morgan fingerprint density at radius 1 is 1.15 bits per heavy atom. The Morgan fingerprint density at radius 3 is 2.81 bits per heavy atom. The van der Waals surface area contributed by atoms with Crippen LogP contribution in [-0.2, 0) is 18.4 Å². The van der Waals surface area contributed by atoms with E-state index in [1.54, 1.807) is 0 Å². The number of piperidine rings is 1. The maximum Gasteiger partial charge on any atom is 0.274 e. The summed E-state index contributed by atoms with van der Waals surface area (Å²) >= 11 is 0. The molecule has 0 bridgehead atoms. The van der Waals surface area contributed by atoms with Crippen molar-refractivity contribution in [2.24, 2.45) is 5.92 Å². The lowest BCUT2D eigenvalue weighted by atomic mass is 9.66. The fourth-order valence-corrected chi connectivity index (χ4v) is 5.65. The molecule has 3 atom stereocenters. The molecular formula is C22H27N3O2. The van der Waals surface area contributed by atoms with Gasteiger partial charge in [0.05, 0.1) is 5.60 Å². The third kappa shape index (κ3) is 2.63. The molecule has 2 N–H and O–H groups in total. The van der Waals surface area contributed by atoms with E-state index in [0.717, 1.165) is 61.8 Å². The fourth-order valence-electron chi connectivity index (χ4n) is 5.65. The molecule has 1 aliphatic heterocycles. The van der Waals surface area contributed by atoms with Crippen LogP contribution < -0.4 is 0 Å². The summed E-state index contributed by atoms with van der Waals surface area (Å²) in [5, 5.41) is 19.1. The van der Waals surface area contributed by atoms with Crippen LogP contribution in [0.15, 0.2) is 30.3 Å². The Balaban J connectivity index is 1.47. The molecule has 5 rings (SSSR count). The van der Waals surface area contributed by atoms with E-state index in [4.69, 9.17) is 0 Å². The van der Waals surface area contributed by atoms with Crippen molar-refractivity contribution in [2.75, 3.05) is 6.54 Å². The van der Waals surface area contributed by atoms with Gasteiger partial charge in [-0.2, -0.15) is 5.10 Å². The number of carbonyl (C=O) groups is 1. The predicted molar refractivity (Wildman–Crippen MR) is 102 cm³/mol. The minimum Gasteiger partial charge on any atom is -0.385 e. The average Bonchev–Trinajstić information content (AvgIpc) is 3.33. The number of aryl methyl sites for hydroxylation is 1. The van der Waals surface area contributed by atoms with Crippen LogP contribution in [0.4, 0.5) is 0 Å². The lowest BCUT2D eigenvalue weighted by Gasteiger charge is -2.52. The smallest absolute Gasteiger partial charge is 0.274 e. The summed E-state index contributed by atoms with van der Waals surface area (Å²) in [4.78, 5) is 15.4. The third-order valence-electron chi connectivity index (χ3n) is 7.02. The summed E-state index contributed by atoms with van der Waals surface area (Å²) in [6.07, 6.45) is 7.82. The van der Waals surface area contributed by atoms with Gasteiger partial charge < -0.3 is 10.0 Å². The minimum absolute atomic E-state index is 0.0569. The van der Waals surface area contributed by atoms with Crippen molar-refractivity contribution in [3.63, 3.8) is 0 Å². The van der Waals surface area contributed by atoms with Gasteiger partial charge in [-0.25, -0.2) is 0 Å². The first-order valence-corrected chi connectivity index (χ1v) is 10.3. The van der Waals surface area contributed by atoms with Crippen molar-refractivity contribution in [3.8, 4) is 0 Å². The molecule has 0 radical (unpaired) electrons. The van der Waals surface area contributed by atoms with Crippen molar-refractivity contribution in [1.29, 1.82) is 0 Å². The van der Waals surface area contributed by atoms with Gasteiger partial charge in [-0.1, -0.05) is 43.2 Å². The molecule has 1 saturated carbocycles. The zero-order valence-electron chi connectivity index (χ0n) is 15.7. The van der Waals surface area contributed by atoms with E-state index in [1.165, 1.54) is 0 Å². The van der Waals surface area contributed by atoms with Gasteiger partial charge in [0.15, 0.2) is 5.69 Å². The van der Waals surface area contributed by atoms with E-state index in [1.807, 2.05) is 35.2 Å². The lowest BCUT2D eigenvalue weighted by molar-refractivity contribution is -0.110. The molecule has 5 heteroatoms. The first kappa shape index (κ1) is 17.0. The summed E-state index contributed by atoms with van der Waals surface area (Å²) in [6.45, 7) is 0.590. The summed E-state index contributed by atoms with van der Waals surface area (Å²) in [5.41, 5.74) is 3.04. The molecule has 3 unspecified atom stereocenters. The third-order valence-corrected chi connectivity index (χ3v) is 7.02. The highest BCUT2D eigenvalue weighted by atomic mass is 16.3. The summed E-state index contributed by atoms with van der Waals surface area (Å²) in [7, 11) is 0. The molecule has 142 valence electrons. The van der Waals surface area contributed by atoms with E-state index >= 15 is 0 Å². The Morgan fingerprint density at radius 2 is 1.96 bits per heavy atom. The average molecular weight is 365 g/mol. The molecule has 0 spiro atoms. The van der Waals surface area contributed by atoms with E-state index in [0.29, 0.717) is 18.7 Å². The lowest BCUT2D eigenvalue weighted by Crippen LogP contribution is -2.59. The quantitative estimate of drug-likeness (QED) is 0.859. The van der Waals surface area contributed by atoms with Crippen LogP contribution in [0.2, 0.25) is 0 Å². The number of aliphatic hydroxyl groups is 1. The van der Waals surface area contributed by atoms with Gasteiger partial charge in [0, 0.05) is 29.8 Å². The molecule has 27 heavy (non-hydrogen) atoms. The Labute approximate surface area is 159 Å². The molecule has 1 aromatic heterocycles. The first-order chi connectivity index (χ1) is 13.2. The first-order valence-electron chi connectivity index (χ1n) is 10.3. The Bertz CT molecular complexity index is 846. The number of hydrogen-bond acceptors (Lipinski definition) is 3. The molecule has 3 aliphatic rings. The standard InChI is InChI=1S/C22H27N3O2/c26-21(20-16-9-6-11-18(16)23-24-20)25-14-13-22(27,15-7-2-1-3-8-15)17-10-4-5-12-19(17)25/h1-3,7-8,17,19,27H,4-6,9-14H2,(H,23,24). The van der Waals surface area contributed by atoms with Crippen LogP contribution in [0.25, 0.3) is 0 Å². The largest absolute Gasteiger partial charge is 0.385 e. The maximum atomic E-state index is 13.4. The monoisotopic (exact) mass is 365 g/mol. The minimum atomic E-state index is -0.837.